The third-order valence-electron chi connectivity index (χ3n) is 4.21. The number of aryl methyl sites for hydroxylation is 2. The maximum Gasteiger partial charge on any atom is 0.258 e. The van der Waals surface area contributed by atoms with Crippen molar-refractivity contribution in [1.29, 1.82) is 0 Å². The molecule has 3 rings (SSSR count). The lowest BCUT2D eigenvalue weighted by Gasteiger charge is -2.13. The molecule has 0 fully saturated rings. The minimum absolute atomic E-state index is 0.257. The van der Waals surface area contributed by atoms with E-state index in [2.05, 4.69) is 42.3 Å². The van der Waals surface area contributed by atoms with Crippen molar-refractivity contribution in [3.63, 3.8) is 0 Å². The van der Waals surface area contributed by atoms with Crippen LogP contribution in [0.4, 0.5) is 5.69 Å². The van der Waals surface area contributed by atoms with Gasteiger partial charge in [-0.15, -0.1) is 0 Å². The number of rotatable bonds is 6. The molecule has 1 amide bonds. The van der Waals surface area contributed by atoms with Crippen LogP contribution in [0.5, 0.6) is 11.5 Å². The van der Waals surface area contributed by atoms with Crippen LogP contribution in [0.1, 0.15) is 21.5 Å². The number of pyridine rings is 1. The molecule has 0 atom stereocenters. The van der Waals surface area contributed by atoms with E-state index in [0.29, 0.717) is 27.8 Å². The van der Waals surface area contributed by atoms with Gasteiger partial charge in [-0.25, -0.2) is 4.98 Å². The zero-order valence-corrected chi connectivity index (χ0v) is 17.1. The Morgan fingerprint density at radius 2 is 1.86 bits per heavy atom. The number of carbonyl (C=O) groups excluding carboxylic acids is 1. The molecule has 2 aromatic carbocycles. The average Bonchev–Trinajstić information content (AvgIpc) is 2.70. The third kappa shape index (κ3) is 4.46. The van der Waals surface area contributed by atoms with Crippen molar-refractivity contribution in [2.75, 3.05) is 19.5 Å². The Morgan fingerprint density at radius 1 is 1.04 bits per heavy atom. The van der Waals surface area contributed by atoms with Crippen molar-refractivity contribution >= 4 is 23.4 Å². The number of benzene rings is 2. The summed E-state index contributed by atoms with van der Waals surface area (Å²) < 4.78 is 10.6. The van der Waals surface area contributed by atoms with Gasteiger partial charge >= 0.3 is 0 Å². The van der Waals surface area contributed by atoms with Crippen molar-refractivity contribution in [2.45, 2.75) is 23.8 Å². The maximum absolute atomic E-state index is 13.0. The predicted octanol–water partition coefficient (Wildman–Crippen LogP) is 5.12. The molecule has 6 heteroatoms. The minimum atomic E-state index is -0.257. The van der Waals surface area contributed by atoms with E-state index in [1.165, 1.54) is 17.3 Å². The summed E-state index contributed by atoms with van der Waals surface area (Å²) in [6, 6.07) is 15.0. The molecule has 0 spiro atoms. The quantitative estimate of drug-likeness (QED) is 0.629. The molecule has 1 N–H and O–H groups in total. The summed E-state index contributed by atoms with van der Waals surface area (Å²) >= 11 is 1.48. The molecule has 28 heavy (non-hydrogen) atoms. The third-order valence-corrected chi connectivity index (χ3v) is 5.40. The number of nitrogens with one attached hydrogen (secondary N) is 1. The summed E-state index contributed by atoms with van der Waals surface area (Å²) in [5, 5.41) is 3.55. The molecule has 0 aliphatic heterocycles. The number of methoxy groups -OCH3 is 2. The SMILES string of the molecule is COc1ccc(OC)c(NC(=O)c2cccnc2Sc2ccc(C)cc2C)c1. The van der Waals surface area contributed by atoms with Crippen LogP contribution in [-0.2, 0) is 0 Å². The monoisotopic (exact) mass is 394 g/mol. The normalized spacial score (nSPS) is 10.4. The fourth-order valence-corrected chi connectivity index (χ4v) is 3.71. The van der Waals surface area contributed by atoms with Crippen LogP contribution in [0.25, 0.3) is 0 Å². The number of hydrogen-bond acceptors (Lipinski definition) is 5. The molecule has 1 aromatic heterocycles. The summed E-state index contributed by atoms with van der Waals surface area (Å²) in [5.74, 6) is 0.931. The fourth-order valence-electron chi connectivity index (χ4n) is 2.76. The summed E-state index contributed by atoms with van der Waals surface area (Å²) in [6.45, 7) is 4.11. The van der Waals surface area contributed by atoms with Gasteiger partial charge in [0.25, 0.3) is 5.91 Å². The van der Waals surface area contributed by atoms with Gasteiger partial charge in [0, 0.05) is 17.2 Å². The summed E-state index contributed by atoms with van der Waals surface area (Å²) in [4.78, 5) is 18.5. The molecule has 3 aromatic rings. The van der Waals surface area contributed by atoms with E-state index in [1.54, 1.807) is 50.7 Å². The van der Waals surface area contributed by atoms with Gasteiger partial charge in [-0.2, -0.15) is 0 Å². The molecule has 0 bridgehead atoms. The molecule has 5 nitrogen and oxygen atoms in total. The fraction of sp³-hybridized carbons (Fsp3) is 0.182. The summed E-state index contributed by atoms with van der Waals surface area (Å²) in [5.41, 5.74) is 3.39. The second kappa shape index (κ2) is 8.80. The van der Waals surface area contributed by atoms with Gasteiger partial charge in [0.15, 0.2) is 0 Å². The molecular weight excluding hydrogens is 372 g/mol. The summed E-state index contributed by atoms with van der Waals surface area (Å²) in [6.07, 6.45) is 1.69. The number of amides is 1. The summed E-state index contributed by atoms with van der Waals surface area (Å²) in [7, 11) is 3.14. The zero-order valence-electron chi connectivity index (χ0n) is 16.3. The minimum Gasteiger partial charge on any atom is -0.497 e. The predicted molar refractivity (Wildman–Crippen MR) is 112 cm³/mol. The number of aromatic nitrogens is 1. The Bertz CT molecular complexity index is 1000. The van der Waals surface area contributed by atoms with Crippen LogP contribution in [0.2, 0.25) is 0 Å². The van der Waals surface area contributed by atoms with E-state index < -0.39 is 0 Å². The first-order valence-electron chi connectivity index (χ1n) is 8.75. The Balaban J connectivity index is 1.89. The van der Waals surface area contributed by atoms with Crippen LogP contribution in [0, 0.1) is 13.8 Å². The largest absolute Gasteiger partial charge is 0.497 e. The van der Waals surface area contributed by atoms with Gasteiger partial charge in [0.1, 0.15) is 16.5 Å². The van der Waals surface area contributed by atoms with E-state index in [-0.39, 0.29) is 5.91 Å². The van der Waals surface area contributed by atoms with Gasteiger partial charge in [-0.05, 0) is 49.7 Å². The second-order valence-corrected chi connectivity index (χ2v) is 7.28. The Labute approximate surface area is 169 Å². The zero-order chi connectivity index (χ0) is 20.1. The van der Waals surface area contributed by atoms with Crippen molar-refractivity contribution in [2.24, 2.45) is 0 Å². The van der Waals surface area contributed by atoms with Crippen molar-refractivity contribution in [3.8, 4) is 11.5 Å². The van der Waals surface area contributed by atoms with Crippen LogP contribution < -0.4 is 14.8 Å². The van der Waals surface area contributed by atoms with E-state index in [1.807, 2.05) is 0 Å². The highest BCUT2D eigenvalue weighted by molar-refractivity contribution is 7.99. The highest BCUT2D eigenvalue weighted by Gasteiger charge is 2.16. The highest BCUT2D eigenvalue weighted by atomic mass is 32.2. The number of carbonyl (C=O) groups is 1. The lowest BCUT2D eigenvalue weighted by molar-refractivity contribution is 0.102. The molecule has 1 heterocycles. The van der Waals surface area contributed by atoms with Crippen molar-refractivity contribution < 1.29 is 14.3 Å². The van der Waals surface area contributed by atoms with E-state index in [4.69, 9.17) is 9.47 Å². The molecule has 0 radical (unpaired) electrons. The lowest BCUT2D eigenvalue weighted by atomic mass is 10.2. The molecular formula is C22H22N2O3S. The molecule has 144 valence electrons. The topological polar surface area (TPSA) is 60.5 Å². The Hall–Kier alpha value is -2.99. The van der Waals surface area contributed by atoms with Crippen LogP contribution in [0.3, 0.4) is 0 Å². The highest BCUT2D eigenvalue weighted by Crippen LogP contribution is 2.33. The number of anilines is 1. The smallest absolute Gasteiger partial charge is 0.258 e. The van der Waals surface area contributed by atoms with Gasteiger partial charge < -0.3 is 14.8 Å². The number of hydrogen-bond donors (Lipinski definition) is 1. The first-order valence-corrected chi connectivity index (χ1v) is 9.57. The Morgan fingerprint density at radius 3 is 2.57 bits per heavy atom. The number of nitrogens with zero attached hydrogens (tertiary/aromatic N) is 1. The van der Waals surface area contributed by atoms with E-state index in [9.17, 15) is 4.79 Å². The standard InChI is InChI=1S/C22H22N2O3S/c1-14-7-10-20(15(2)12-14)28-22-17(6-5-11-23-22)21(25)24-18-13-16(26-3)8-9-19(18)27-4/h5-13H,1-4H3,(H,24,25). The first kappa shape index (κ1) is 19.8. The molecule has 0 saturated heterocycles. The number of ether oxygens (including phenoxy) is 2. The van der Waals surface area contributed by atoms with Crippen molar-refractivity contribution in [3.05, 3.63) is 71.4 Å². The molecule has 0 saturated carbocycles. The van der Waals surface area contributed by atoms with Crippen LogP contribution in [0.15, 0.2) is 64.6 Å². The average molecular weight is 394 g/mol. The first-order chi connectivity index (χ1) is 13.5. The Kier molecular flexibility index (Phi) is 6.21. The van der Waals surface area contributed by atoms with Crippen molar-refractivity contribution in [1.82, 2.24) is 4.98 Å². The van der Waals surface area contributed by atoms with Gasteiger partial charge in [0.05, 0.1) is 25.5 Å². The van der Waals surface area contributed by atoms with Gasteiger partial charge in [-0.3, -0.25) is 4.79 Å². The van der Waals surface area contributed by atoms with Crippen LogP contribution >= 0.6 is 11.8 Å². The van der Waals surface area contributed by atoms with Crippen LogP contribution in [-0.4, -0.2) is 25.1 Å². The van der Waals surface area contributed by atoms with Gasteiger partial charge in [-0.1, -0.05) is 29.5 Å². The molecule has 0 aliphatic carbocycles. The van der Waals surface area contributed by atoms with E-state index in [0.717, 1.165) is 10.5 Å². The maximum atomic E-state index is 13.0. The second-order valence-electron chi connectivity index (χ2n) is 6.25. The molecule has 0 aliphatic rings. The lowest BCUT2D eigenvalue weighted by Crippen LogP contribution is -2.14. The van der Waals surface area contributed by atoms with Gasteiger partial charge in [0.2, 0.25) is 0 Å². The molecule has 0 unspecified atom stereocenters. The van der Waals surface area contributed by atoms with E-state index >= 15 is 0 Å².